The van der Waals surface area contributed by atoms with Crippen molar-refractivity contribution in [3.05, 3.63) is 75.4 Å². The lowest BCUT2D eigenvalue weighted by Crippen LogP contribution is -2.25. The Morgan fingerprint density at radius 3 is 2.58 bits per heavy atom. The number of hydrogen-bond acceptors (Lipinski definition) is 4. The van der Waals surface area contributed by atoms with Crippen LogP contribution >= 0.6 is 0 Å². The minimum absolute atomic E-state index is 0.00972. The first-order valence-electron chi connectivity index (χ1n) is 8.27. The maximum absolute atomic E-state index is 13.6. The third-order valence-corrected chi connectivity index (χ3v) is 4.57. The summed E-state index contributed by atoms with van der Waals surface area (Å²) in [5.74, 6) is -0.186. The lowest BCUT2D eigenvalue weighted by Gasteiger charge is -2.20. The fourth-order valence-corrected chi connectivity index (χ4v) is 3.36. The molecule has 5 nitrogen and oxygen atoms in total. The van der Waals surface area contributed by atoms with Gasteiger partial charge in [0.05, 0.1) is 23.6 Å². The Hall–Kier alpha value is -3.15. The van der Waals surface area contributed by atoms with Crippen LogP contribution in [0.4, 0.5) is 4.39 Å². The maximum Gasteiger partial charge on any atom is 0.290 e. The minimum atomic E-state index is -0.586. The molecular formula is C20H16FNO4. The van der Waals surface area contributed by atoms with E-state index in [1.165, 1.54) is 17.0 Å². The van der Waals surface area contributed by atoms with Crippen molar-refractivity contribution in [2.75, 3.05) is 13.7 Å². The molecule has 4 rings (SSSR count). The van der Waals surface area contributed by atoms with E-state index < -0.39 is 17.3 Å². The van der Waals surface area contributed by atoms with Gasteiger partial charge in [0.25, 0.3) is 5.91 Å². The summed E-state index contributed by atoms with van der Waals surface area (Å²) in [4.78, 5) is 27.1. The number of carbonyl (C=O) groups excluding carboxylic acids is 1. The second-order valence-electron chi connectivity index (χ2n) is 6.14. The first kappa shape index (κ1) is 16.3. The van der Waals surface area contributed by atoms with Crippen LogP contribution in [0.1, 0.15) is 34.6 Å². The molecule has 0 fully saturated rings. The summed E-state index contributed by atoms with van der Waals surface area (Å²) in [7, 11) is 1.61. The largest absolute Gasteiger partial charge is 0.494 e. The van der Waals surface area contributed by atoms with Gasteiger partial charge in [-0.1, -0.05) is 12.1 Å². The molecule has 1 aromatic heterocycles. The normalized spacial score (nSPS) is 16.2. The Kier molecular flexibility index (Phi) is 3.76. The van der Waals surface area contributed by atoms with E-state index in [0.717, 1.165) is 11.6 Å². The van der Waals surface area contributed by atoms with E-state index in [-0.39, 0.29) is 28.2 Å². The van der Waals surface area contributed by atoms with E-state index in [2.05, 4.69) is 0 Å². The molecule has 1 aliphatic heterocycles. The van der Waals surface area contributed by atoms with Gasteiger partial charge >= 0.3 is 0 Å². The fraction of sp³-hybridized carbons (Fsp3) is 0.200. The predicted molar refractivity (Wildman–Crippen MR) is 94.0 cm³/mol. The number of halogens is 1. The molecule has 0 saturated carbocycles. The quantitative estimate of drug-likeness (QED) is 0.723. The summed E-state index contributed by atoms with van der Waals surface area (Å²) in [6.07, 6.45) is 0. The summed E-state index contributed by atoms with van der Waals surface area (Å²) in [6.45, 7) is 2.44. The van der Waals surface area contributed by atoms with Crippen LogP contribution in [0.2, 0.25) is 0 Å². The van der Waals surface area contributed by atoms with Crippen molar-refractivity contribution < 1.29 is 18.3 Å². The summed E-state index contributed by atoms with van der Waals surface area (Å²) < 4.78 is 24.7. The molecule has 0 saturated heterocycles. The molecule has 0 spiro atoms. The Morgan fingerprint density at radius 1 is 1.15 bits per heavy atom. The van der Waals surface area contributed by atoms with E-state index in [0.29, 0.717) is 12.4 Å². The topological polar surface area (TPSA) is 59.8 Å². The van der Waals surface area contributed by atoms with Gasteiger partial charge in [-0.15, -0.1) is 0 Å². The highest BCUT2D eigenvalue weighted by Crippen LogP contribution is 2.37. The zero-order valence-corrected chi connectivity index (χ0v) is 14.3. The number of rotatable bonds is 3. The molecule has 1 aliphatic rings. The molecule has 0 aliphatic carbocycles. The van der Waals surface area contributed by atoms with E-state index in [9.17, 15) is 14.0 Å². The Bertz CT molecular complexity index is 1070. The van der Waals surface area contributed by atoms with Crippen molar-refractivity contribution in [1.82, 2.24) is 4.90 Å². The molecule has 3 aromatic rings. The van der Waals surface area contributed by atoms with Crippen LogP contribution in [0.25, 0.3) is 11.0 Å². The molecule has 2 aromatic carbocycles. The van der Waals surface area contributed by atoms with E-state index in [1.807, 2.05) is 19.1 Å². The zero-order valence-electron chi connectivity index (χ0n) is 14.3. The second-order valence-corrected chi connectivity index (χ2v) is 6.14. The van der Waals surface area contributed by atoms with Crippen LogP contribution in [0, 0.1) is 5.82 Å². The molecule has 2 heterocycles. The number of benzene rings is 2. The van der Waals surface area contributed by atoms with E-state index >= 15 is 0 Å². The van der Waals surface area contributed by atoms with Crippen LogP contribution in [0.15, 0.2) is 51.7 Å². The van der Waals surface area contributed by atoms with Crippen LogP contribution in [-0.2, 0) is 0 Å². The van der Waals surface area contributed by atoms with E-state index in [4.69, 9.17) is 9.15 Å². The van der Waals surface area contributed by atoms with Gasteiger partial charge in [-0.2, -0.15) is 0 Å². The molecule has 0 bridgehead atoms. The van der Waals surface area contributed by atoms with Crippen LogP contribution in [0.5, 0.6) is 5.75 Å². The number of nitrogens with zero attached hydrogens (tertiary/aromatic N) is 1. The van der Waals surface area contributed by atoms with Crippen LogP contribution in [-0.4, -0.2) is 24.5 Å². The maximum atomic E-state index is 13.6. The Balaban J connectivity index is 1.91. The minimum Gasteiger partial charge on any atom is -0.494 e. The highest BCUT2D eigenvalue weighted by molar-refractivity contribution is 5.98. The van der Waals surface area contributed by atoms with E-state index in [1.54, 1.807) is 19.2 Å². The highest BCUT2D eigenvalue weighted by Gasteiger charge is 2.40. The lowest BCUT2D eigenvalue weighted by atomic mass is 9.98. The van der Waals surface area contributed by atoms with Crippen LogP contribution < -0.4 is 10.2 Å². The summed E-state index contributed by atoms with van der Waals surface area (Å²) in [6, 6.07) is 10.3. The summed E-state index contributed by atoms with van der Waals surface area (Å²) in [5, 5.41) is 0.128. The lowest BCUT2D eigenvalue weighted by molar-refractivity contribution is 0.0771. The summed E-state index contributed by atoms with van der Waals surface area (Å²) in [5.41, 5.74) is 0.799. The van der Waals surface area contributed by atoms with Gasteiger partial charge in [0.15, 0.2) is 5.43 Å². The SMILES string of the molecule is CCOc1ccc([C@@H]2c3c(oc4ccc(F)cc4c3=O)C(=O)N2C)cc1. The number of hydrogen-bond donors (Lipinski definition) is 0. The Morgan fingerprint density at radius 2 is 1.88 bits per heavy atom. The first-order valence-corrected chi connectivity index (χ1v) is 8.27. The molecule has 0 N–H and O–H groups in total. The third kappa shape index (κ3) is 2.37. The second kappa shape index (κ2) is 5.98. The average Bonchev–Trinajstić information content (AvgIpc) is 2.89. The van der Waals surface area contributed by atoms with Gasteiger partial charge in [0.1, 0.15) is 17.1 Å². The molecule has 1 amide bonds. The third-order valence-electron chi connectivity index (χ3n) is 4.57. The molecule has 0 unspecified atom stereocenters. The van der Waals surface area contributed by atoms with Gasteiger partial charge in [-0.3, -0.25) is 9.59 Å². The average molecular weight is 353 g/mol. The molecular weight excluding hydrogens is 337 g/mol. The fourth-order valence-electron chi connectivity index (χ4n) is 3.36. The number of ether oxygens (including phenoxy) is 1. The van der Waals surface area contributed by atoms with Gasteiger partial charge in [0, 0.05) is 7.05 Å². The standard InChI is InChI=1S/C20H16FNO4/c1-3-25-13-7-4-11(5-8-13)17-16-18(23)14-10-12(21)6-9-15(14)26-19(16)20(24)22(17)2/h4-10,17H,3H2,1-2H3/t17-/m1/s1. The van der Waals surface area contributed by atoms with Crippen LogP contribution in [0.3, 0.4) is 0 Å². The monoisotopic (exact) mass is 353 g/mol. The number of fused-ring (bicyclic) bond motifs is 2. The summed E-state index contributed by atoms with van der Waals surface area (Å²) >= 11 is 0. The number of carbonyl (C=O) groups is 1. The highest BCUT2D eigenvalue weighted by atomic mass is 19.1. The van der Waals surface area contributed by atoms with Crippen molar-refractivity contribution >= 4 is 16.9 Å². The van der Waals surface area contributed by atoms with Crippen molar-refractivity contribution in [3.63, 3.8) is 0 Å². The van der Waals surface area contributed by atoms with Crippen molar-refractivity contribution in [2.24, 2.45) is 0 Å². The molecule has 6 heteroatoms. The smallest absolute Gasteiger partial charge is 0.290 e. The zero-order chi connectivity index (χ0) is 18.4. The van der Waals surface area contributed by atoms with Crippen molar-refractivity contribution in [2.45, 2.75) is 13.0 Å². The van der Waals surface area contributed by atoms with Gasteiger partial charge in [-0.25, -0.2) is 4.39 Å². The first-order chi connectivity index (χ1) is 12.5. The van der Waals surface area contributed by atoms with Gasteiger partial charge in [-0.05, 0) is 42.8 Å². The molecule has 26 heavy (non-hydrogen) atoms. The number of amides is 1. The van der Waals surface area contributed by atoms with Gasteiger partial charge in [0.2, 0.25) is 5.76 Å². The van der Waals surface area contributed by atoms with Gasteiger partial charge < -0.3 is 14.1 Å². The predicted octanol–water partition coefficient (Wildman–Crippen LogP) is 3.51. The van der Waals surface area contributed by atoms with Crippen molar-refractivity contribution in [3.8, 4) is 5.75 Å². The molecule has 0 radical (unpaired) electrons. The molecule has 132 valence electrons. The van der Waals surface area contributed by atoms with Crippen molar-refractivity contribution in [1.29, 1.82) is 0 Å². The molecule has 1 atom stereocenters. The Labute approximate surface area is 148 Å².